The summed E-state index contributed by atoms with van der Waals surface area (Å²) in [4.78, 5) is 12.7. The molecule has 19 heavy (non-hydrogen) atoms. The van der Waals surface area contributed by atoms with E-state index in [1.807, 2.05) is 6.92 Å². The van der Waals surface area contributed by atoms with E-state index < -0.39 is 18.6 Å². The highest BCUT2D eigenvalue weighted by molar-refractivity contribution is 5.76. The van der Waals surface area contributed by atoms with E-state index in [4.69, 9.17) is 4.74 Å². The molecule has 1 fully saturated rings. The molecule has 4 nitrogen and oxygen atoms in total. The molecule has 1 N–H and O–H groups in total. The van der Waals surface area contributed by atoms with Crippen LogP contribution in [0.4, 0.5) is 13.2 Å². The zero-order valence-corrected chi connectivity index (χ0v) is 11.1. The fraction of sp³-hybridized carbons (Fsp3) is 0.917. The maximum absolute atomic E-state index is 12.4. The maximum atomic E-state index is 12.4. The number of ether oxygens (including phenoxy) is 1. The van der Waals surface area contributed by atoms with Gasteiger partial charge in [-0.2, -0.15) is 13.2 Å². The summed E-state index contributed by atoms with van der Waals surface area (Å²) in [6.45, 7) is 3.08. The number of hydrogen-bond acceptors (Lipinski definition) is 3. The van der Waals surface area contributed by atoms with E-state index in [1.54, 1.807) is 0 Å². The summed E-state index contributed by atoms with van der Waals surface area (Å²) in [6.07, 6.45) is -3.73. The second-order valence-electron chi connectivity index (χ2n) is 4.71. The van der Waals surface area contributed by atoms with Gasteiger partial charge >= 0.3 is 6.18 Å². The first-order valence-electron chi connectivity index (χ1n) is 6.55. The molecular formula is C12H21F3N2O2. The number of rotatable bonds is 8. The number of hydrogen-bond donors (Lipinski definition) is 1. The van der Waals surface area contributed by atoms with E-state index in [-0.39, 0.29) is 18.9 Å². The molecule has 1 heterocycles. The number of nitrogens with one attached hydrogen (secondary N) is 1. The van der Waals surface area contributed by atoms with E-state index >= 15 is 0 Å². The normalized spacial score (nSPS) is 16.2. The van der Waals surface area contributed by atoms with Crippen molar-refractivity contribution in [3.8, 4) is 0 Å². The Morgan fingerprint density at radius 3 is 2.58 bits per heavy atom. The first-order chi connectivity index (χ1) is 8.92. The van der Waals surface area contributed by atoms with Gasteiger partial charge in [-0.3, -0.25) is 4.79 Å². The lowest BCUT2D eigenvalue weighted by Crippen LogP contribution is -2.47. The largest absolute Gasteiger partial charge is 0.406 e. The van der Waals surface area contributed by atoms with Crippen LogP contribution in [0.1, 0.15) is 19.8 Å². The fourth-order valence-corrected chi connectivity index (χ4v) is 1.88. The molecule has 0 spiro atoms. The second-order valence-corrected chi connectivity index (χ2v) is 4.71. The summed E-state index contributed by atoms with van der Waals surface area (Å²) in [5, 5.41) is 3.00. The quantitative estimate of drug-likeness (QED) is 0.685. The highest BCUT2D eigenvalue weighted by Crippen LogP contribution is 2.19. The molecular weight excluding hydrogens is 261 g/mol. The third-order valence-corrected chi connectivity index (χ3v) is 2.97. The van der Waals surface area contributed by atoms with Crippen LogP contribution in [0.2, 0.25) is 0 Å². The van der Waals surface area contributed by atoms with Crippen molar-refractivity contribution in [3.05, 3.63) is 0 Å². The molecule has 7 heteroatoms. The van der Waals surface area contributed by atoms with Crippen LogP contribution in [-0.2, 0) is 9.53 Å². The van der Waals surface area contributed by atoms with Crippen molar-refractivity contribution in [2.24, 2.45) is 5.92 Å². The van der Waals surface area contributed by atoms with Gasteiger partial charge in [-0.1, -0.05) is 0 Å². The number of carbonyl (C=O) groups is 1. The van der Waals surface area contributed by atoms with E-state index in [9.17, 15) is 18.0 Å². The van der Waals surface area contributed by atoms with Crippen LogP contribution < -0.4 is 5.32 Å². The predicted molar refractivity (Wildman–Crippen MR) is 64.7 cm³/mol. The summed E-state index contributed by atoms with van der Waals surface area (Å²) < 4.78 is 42.4. The van der Waals surface area contributed by atoms with Crippen molar-refractivity contribution in [2.75, 3.05) is 39.4 Å². The molecule has 0 aromatic rings. The summed E-state index contributed by atoms with van der Waals surface area (Å²) >= 11 is 0. The van der Waals surface area contributed by atoms with E-state index in [0.717, 1.165) is 4.90 Å². The smallest absolute Gasteiger partial charge is 0.382 e. The average Bonchev–Trinajstić information content (AvgIpc) is 2.26. The molecule has 1 saturated heterocycles. The Morgan fingerprint density at radius 2 is 2.11 bits per heavy atom. The van der Waals surface area contributed by atoms with Crippen molar-refractivity contribution in [3.63, 3.8) is 0 Å². The Hall–Kier alpha value is -0.820. The first-order valence-corrected chi connectivity index (χ1v) is 6.55. The lowest BCUT2D eigenvalue weighted by molar-refractivity contribution is -0.162. The van der Waals surface area contributed by atoms with Crippen LogP contribution in [0.15, 0.2) is 0 Å². The minimum absolute atomic E-state index is 0.0957. The molecule has 1 aliphatic heterocycles. The second kappa shape index (κ2) is 7.69. The molecule has 0 aromatic heterocycles. The van der Waals surface area contributed by atoms with Gasteiger partial charge < -0.3 is 15.0 Å². The van der Waals surface area contributed by atoms with Crippen LogP contribution in [0.3, 0.4) is 0 Å². The molecule has 0 saturated carbocycles. The number of halogens is 3. The Kier molecular flexibility index (Phi) is 6.57. The first kappa shape index (κ1) is 16.2. The Balaban J connectivity index is 2.39. The monoisotopic (exact) mass is 282 g/mol. The van der Waals surface area contributed by atoms with Gasteiger partial charge in [-0.15, -0.1) is 0 Å². The van der Waals surface area contributed by atoms with Crippen molar-refractivity contribution in [2.45, 2.75) is 25.9 Å². The summed E-state index contributed by atoms with van der Waals surface area (Å²) in [6, 6.07) is 0. The van der Waals surface area contributed by atoms with Gasteiger partial charge in [0.1, 0.15) is 6.54 Å². The lowest BCUT2D eigenvalue weighted by Gasteiger charge is -2.30. The standard InChI is InChI=1S/C12H21F3N2O2/c1-2-19-5-3-4-17(9-12(13,14)15)11(18)6-10-7-16-8-10/h10,16H,2-9H2,1H3. The number of amides is 1. The predicted octanol–water partition coefficient (Wildman–Crippen LogP) is 1.41. The van der Waals surface area contributed by atoms with Crippen molar-refractivity contribution in [1.82, 2.24) is 10.2 Å². The number of nitrogens with zero attached hydrogens (tertiary/aromatic N) is 1. The Labute approximate surface area is 111 Å². The molecule has 0 aliphatic carbocycles. The zero-order chi connectivity index (χ0) is 14.3. The minimum Gasteiger partial charge on any atom is -0.382 e. The topological polar surface area (TPSA) is 41.6 Å². The summed E-state index contributed by atoms with van der Waals surface area (Å²) in [5.74, 6) is -0.240. The zero-order valence-electron chi connectivity index (χ0n) is 11.1. The van der Waals surface area contributed by atoms with Gasteiger partial charge in [0.2, 0.25) is 5.91 Å². The van der Waals surface area contributed by atoms with Gasteiger partial charge in [0.15, 0.2) is 0 Å². The number of carbonyl (C=O) groups excluding carboxylic acids is 1. The van der Waals surface area contributed by atoms with E-state index in [2.05, 4.69) is 5.32 Å². The van der Waals surface area contributed by atoms with Crippen molar-refractivity contribution >= 4 is 5.91 Å². The van der Waals surface area contributed by atoms with Gasteiger partial charge in [-0.05, 0) is 32.4 Å². The van der Waals surface area contributed by atoms with Crippen LogP contribution in [-0.4, -0.2) is 56.4 Å². The van der Waals surface area contributed by atoms with Gasteiger partial charge in [-0.25, -0.2) is 0 Å². The highest BCUT2D eigenvalue weighted by Gasteiger charge is 2.33. The van der Waals surface area contributed by atoms with Crippen molar-refractivity contribution < 1.29 is 22.7 Å². The van der Waals surface area contributed by atoms with Crippen LogP contribution in [0.5, 0.6) is 0 Å². The molecule has 1 rings (SSSR count). The van der Waals surface area contributed by atoms with E-state index in [1.165, 1.54) is 0 Å². The average molecular weight is 282 g/mol. The minimum atomic E-state index is -4.35. The van der Waals surface area contributed by atoms with Gasteiger partial charge in [0.05, 0.1) is 0 Å². The molecule has 112 valence electrons. The van der Waals surface area contributed by atoms with Gasteiger partial charge in [0.25, 0.3) is 0 Å². The maximum Gasteiger partial charge on any atom is 0.406 e. The third kappa shape index (κ3) is 6.77. The third-order valence-electron chi connectivity index (χ3n) is 2.97. The molecule has 0 atom stereocenters. The molecule has 1 amide bonds. The van der Waals surface area contributed by atoms with E-state index in [0.29, 0.717) is 32.7 Å². The van der Waals surface area contributed by atoms with Crippen LogP contribution in [0, 0.1) is 5.92 Å². The Bertz CT molecular complexity index is 281. The molecule has 0 unspecified atom stereocenters. The molecule has 1 aliphatic rings. The van der Waals surface area contributed by atoms with Crippen LogP contribution in [0.25, 0.3) is 0 Å². The molecule has 0 radical (unpaired) electrons. The van der Waals surface area contributed by atoms with Crippen LogP contribution >= 0.6 is 0 Å². The highest BCUT2D eigenvalue weighted by atomic mass is 19.4. The molecule has 0 aromatic carbocycles. The van der Waals surface area contributed by atoms with Crippen molar-refractivity contribution in [1.29, 1.82) is 0 Å². The Morgan fingerprint density at radius 1 is 1.42 bits per heavy atom. The van der Waals surface area contributed by atoms with Gasteiger partial charge in [0, 0.05) is 26.2 Å². The molecule has 0 bridgehead atoms. The summed E-state index contributed by atoms with van der Waals surface area (Å²) in [5.41, 5.74) is 0. The SMILES string of the molecule is CCOCCCN(CC(F)(F)F)C(=O)CC1CNC1. The summed E-state index contributed by atoms with van der Waals surface area (Å²) in [7, 11) is 0. The fourth-order valence-electron chi connectivity index (χ4n) is 1.88. The number of alkyl halides is 3. The lowest BCUT2D eigenvalue weighted by atomic mass is 9.98.